The highest BCUT2D eigenvalue weighted by Crippen LogP contribution is 2.10. The fourth-order valence-electron chi connectivity index (χ4n) is 1.79. The van der Waals surface area contributed by atoms with Gasteiger partial charge in [0.2, 0.25) is 5.91 Å². The van der Waals surface area contributed by atoms with Crippen LogP contribution in [0.5, 0.6) is 0 Å². The van der Waals surface area contributed by atoms with E-state index in [9.17, 15) is 19.2 Å². The highest BCUT2D eigenvalue weighted by Gasteiger charge is 2.44. The maximum Gasteiger partial charge on any atom is 0.334 e. The third-order valence-corrected chi connectivity index (χ3v) is 2.85. The lowest BCUT2D eigenvalue weighted by Gasteiger charge is -2.14. The molecule has 1 aliphatic rings. The van der Waals surface area contributed by atoms with Crippen molar-refractivity contribution < 1.29 is 23.9 Å². The van der Waals surface area contributed by atoms with Crippen LogP contribution in [-0.4, -0.2) is 65.9 Å². The number of likely N-dealkylation sites (N-methyl/N-ethyl adjacent to an activating group) is 1. The zero-order chi connectivity index (χ0) is 16.0. The summed E-state index contributed by atoms with van der Waals surface area (Å²) in [6.45, 7) is 5.98. The molecule has 8 heteroatoms. The standard InChI is InChI=1S/C13H21N3O5/c1-4-15-11(18)12(19)16(13(15)20)8-10(17)14-6-5-7-21-9(2)3/h9H,4-8H2,1-3H3,(H,14,17). The Morgan fingerprint density at radius 1 is 1.19 bits per heavy atom. The van der Waals surface area contributed by atoms with Crippen LogP contribution in [0.1, 0.15) is 27.2 Å². The largest absolute Gasteiger partial charge is 0.379 e. The van der Waals surface area contributed by atoms with Crippen LogP contribution in [-0.2, 0) is 19.1 Å². The number of hydrogen-bond donors (Lipinski definition) is 1. The Morgan fingerprint density at radius 3 is 2.33 bits per heavy atom. The van der Waals surface area contributed by atoms with Crippen LogP contribution in [0, 0.1) is 0 Å². The maximum atomic E-state index is 11.8. The van der Waals surface area contributed by atoms with Gasteiger partial charge in [-0.25, -0.2) is 9.69 Å². The van der Waals surface area contributed by atoms with Crippen molar-refractivity contribution in [3.63, 3.8) is 0 Å². The van der Waals surface area contributed by atoms with E-state index >= 15 is 0 Å². The van der Waals surface area contributed by atoms with Crippen LogP contribution in [0.3, 0.4) is 0 Å². The summed E-state index contributed by atoms with van der Waals surface area (Å²) in [4.78, 5) is 47.9. The summed E-state index contributed by atoms with van der Waals surface area (Å²) < 4.78 is 5.31. The molecule has 5 amide bonds. The molecule has 0 aromatic rings. The number of hydrogen-bond acceptors (Lipinski definition) is 5. The molecule has 8 nitrogen and oxygen atoms in total. The molecule has 0 radical (unpaired) electrons. The van der Waals surface area contributed by atoms with Gasteiger partial charge in [0, 0.05) is 19.7 Å². The highest BCUT2D eigenvalue weighted by molar-refractivity contribution is 6.45. The molecule has 0 aromatic carbocycles. The Hall–Kier alpha value is -1.96. The van der Waals surface area contributed by atoms with Crippen molar-refractivity contribution in [1.29, 1.82) is 0 Å². The van der Waals surface area contributed by atoms with Gasteiger partial charge in [-0.2, -0.15) is 0 Å². The van der Waals surface area contributed by atoms with E-state index in [0.29, 0.717) is 24.5 Å². The number of carbonyl (C=O) groups excluding carboxylic acids is 4. The van der Waals surface area contributed by atoms with E-state index in [4.69, 9.17) is 4.74 Å². The van der Waals surface area contributed by atoms with E-state index < -0.39 is 30.3 Å². The Kier molecular flexibility index (Phi) is 6.29. The van der Waals surface area contributed by atoms with Crippen molar-refractivity contribution in [2.24, 2.45) is 0 Å². The first-order valence-corrected chi connectivity index (χ1v) is 6.94. The molecular weight excluding hydrogens is 278 g/mol. The molecule has 1 aliphatic heterocycles. The van der Waals surface area contributed by atoms with Gasteiger partial charge in [-0.05, 0) is 27.2 Å². The molecule has 0 saturated carbocycles. The third-order valence-electron chi connectivity index (χ3n) is 2.85. The Morgan fingerprint density at radius 2 is 1.81 bits per heavy atom. The summed E-state index contributed by atoms with van der Waals surface area (Å²) in [7, 11) is 0. The molecule has 1 heterocycles. The molecule has 1 rings (SSSR count). The summed E-state index contributed by atoms with van der Waals surface area (Å²) in [6, 6.07) is -0.745. The van der Waals surface area contributed by atoms with Crippen molar-refractivity contribution in [2.45, 2.75) is 33.3 Å². The number of urea groups is 1. The fraction of sp³-hybridized carbons (Fsp3) is 0.692. The minimum absolute atomic E-state index is 0.105. The van der Waals surface area contributed by atoms with Crippen LogP contribution in [0.25, 0.3) is 0 Å². The molecule has 1 saturated heterocycles. The number of amides is 5. The Balaban J connectivity index is 2.36. The first-order valence-electron chi connectivity index (χ1n) is 6.94. The number of ether oxygens (including phenoxy) is 1. The molecular formula is C13H21N3O5. The third kappa shape index (κ3) is 4.52. The first-order chi connectivity index (χ1) is 9.88. The summed E-state index contributed by atoms with van der Waals surface area (Å²) in [5.41, 5.74) is 0. The van der Waals surface area contributed by atoms with Gasteiger partial charge >= 0.3 is 17.8 Å². The van der Waals surface area contributed by atoms with Crippen molar-refractivity contribution in [3.05, 3.63) is 0 Å². The van der Waals surface area contributed by atoms with Gasteiger partial charge in [0.05, 0.1) is 6.10 Å². The summed E-state index contributed by atoms with van der Waals surface area (Å²) >= 11 is 0. The first kappa shape index (κ1) is 17.1. The van der Waals surface area contributed by atoms with Crippen molar-refractivity contribution in [2.75, 3.05) is 26.2 Å². The molecule has 1 fully saturated rings. The van der Waals surface area contributed by atoms with Crippen LogP contribution in [0.15, 0.2) is 0 Å². The fourth-order valence-corrected chi connectivity index (χ4v) is 1.79. The summed E-state index contributed by atoms with van der Waals surface area (Å²) in [6.07, 6.45) is 0.762. The van der Waals surface area contributed by atoms with Crippen LogP contribution in [0.4, 0.5) is 4.79 Å². The maximum absolute atomic E-state index is 11.8. The lowest BCUT2D eigenvalue weighted by Crippen LogP contribution is -2.41. The monoisotopic (exact) mass is 299 g/mol. The molecule has 0 atom stereocenters. The second kappa shape index (κ2) is 7.72. The molecule has 0 spiro atoms. The van der Waals surface area contributed by atoms with Crippen LogP contribution in [0.2, 0.25) is 0 Å². The van der Waals surface area contributed by atoms with Gasteiger partial charge in [-0.3, -0.25) is 19.3 Å². The zero-order valence-corrected chi connectivity index (χ0v) is 12.5. The summed E-state index contributed by atoms with van der Waals surface area (Å²) in [5.74, 6) is -2.33. The SMILES string of the molecule is CCN1C(=O)C(=O)N(CC(=O)NCCCOC(C)C)C1=O. The van der Waals surface area contributed by atoms with E-state index in [0.717, 1.165) is 4.90 Å². The molecule has 118 valence electrons. The minimum Gasteiger partial charge on any atom is -0.379 e. The minimum atomic E-state index is -0.958. The molecule has 1 N–H and O–H groups in total. The molecule has 0 aromatic heterocycles. The van der Waals surface area contributed by atoms with Crippen LogP contribution >= 0.6 is 0 Å². The second-order valence-corrected chi connectivity index (χ2v) is 4.85. The van der Waals surface area contributed by atoms with Gasteiger partial charge in [0.25, 0.3) is 0 Å². The quantitative estimate of drug-likeness (QED) is 0.378. The normalized spacial score (nSPS) is 15.3. The van der Waals surface area contributed by atoms with E-state index in [1.54, 1.807) is 6.92 Å². The molecule has 0 unspecified atom stereocenters. The number of nitrogens with zero attached hydrogens (tertiary/aromatic N) is 2. The van der Waals surface area contributed by atoms with E-state index in [1.807, 2.05) is 13.8 Å². The van der Waals surface area contributed by atoms with E-state index in [-0.39, 0.29) is 12.6 Å². The van der Waals surface area contributed by atoms with E-state index in [2.05, 4.69) is 5.32 Å². The lowest BCUT2D eigenvalue weighted by atomic mass is 10.4. The zero-order valence-electron chi connectivity index (χ0n) is 12.5. The van der Waals surface area contributed by atoms with Crippen molar-refractivity contribution in [1.82, 2.24) is 15.1 Å². The number of imide groups is 2. The summed E-state index contributed by atoms with van der Waals surface area (Å²) in [5, 5.41) is 2.58. The Labute approximate surface area is 123 Å². The topological polar surface area (TPSA) is 96.0 Å². The lowest BCUT2D eigenvalue weighted by molar-refractivity contribution is -0.143. The smallest absolute Gasteiger partial charge is 0.334 e. The van der Waals surface area contributed by atoms with Gasteiger partial charge in [0.1, 0.15) is 6.54 Å². The average Bonchev–Trinajstić information content (AvgIpc) is 2.62. The predicted molar refractivity (Wildman–Crippen MR) is 73.2 cm³/mol. The number of carbonyl (C=O) groups is 4. The van der Waals surface area contributed by atoms with Gasteiger partial charge in [-0.15, -0.1) is 0 Å². The van der Waals surface area contributed by atoms with Gasteiger partial charge < -0.3 is 10.1 Å². The molecule has 21 heavy (non-hydrogen) atoms. The predicted octanol–water partition coefficient (Wildman–Crippen LogP) is -0.272. The van der Waals surface area contributed by atoms with Crippen molar-refractivity contribution >= 4 is 23.8 Å². The Bertz CT molecular complexity index is 436. The van der Waals surface area contributed by atoms with Gasteiger partial charge in [-0.1, -0.05) is 0 Å². The highest BCUT2D eigenvalue weighted by atomic mass is 16.5. The second-order valence-electron chi connectivity index (χ2n) is 4.85. The molecule has 0 bridgehead atoms. The van der Waals surface area contributed by atoms with Crippen LogP contribution < -0.4 is 5.32 Å². The van der Waals surface area contributed by atoms with Gasteiger partial charge in [0.15, 0.2) is 0 Å². The molecule has 0 aliphatic carbocycles. The number of nitrogens with one attached hydrogen (secondary N) is 1. The van der Waals surface area contributed by atoms with Crippen molar-refractivity contribution in [3.8, 4) is 0 Å². The average molecular weight is 299 g/mol. The number of rotatable bonds is 8. The van der Waals surface area contributed by atoms with E-state index in [1.165, 1.54) is 0 Å².